The average molecular weight is 405 g/mol. The summed E-state index contributed by atoms with van der Waals surface area (Å²) in [6.45, 7) is 4.01. The summed E-state index contributed by atoms with van der Waals surface area (Å²) in [5, 5.41) is 3.89. The smallest absolute Gasteiger partial charge is 0.289 e. The number of amides is 2. The molecule has 1 aliphatic heterocycles. The molecule has 3 heterocycles. The zero-order valence-electron chi connectivity index (χ0n) is 16.5. The highest BCUT2D eigenvalue weighted by Crippen LogP contribution is 2.23. The van der Waals surface area contributed by atoms with Gasteiger partial charge < -0.3 is 19.2 Å². The van der Waals surface area contributed by atoms with Crippen LogP contribution in [0.1, 0.15) is 48.9 Å². The average Bonchev–Trinajstić information content (AvgIpc) is 3.33. The van der Waals surface area contributed by atoms with Crippen molar-refractivity contribution in [2.24, 2.45) is 13.0 Å². The molecule has 0 radical (unpaired) electrons. The molecule has 1 aliphatic rings. The minimum absolute atomic E-state index is 0.0715. The van der Waals surface area contributed by atoms with E-state index in [4.69, 9.17) is 4.42 Å². The summed E-state index contributed by atoms with van der Waals surface area (Å²) in [6.07, 6.45) is 7.04. The summed E-state index contributed by atoms with van der Waals surface area (Å²) in [5.74, 6) is 2.09. The van der Waals surface area contributed by atoms with E-state index in [0.29, 0.717) is 36.9 Å². The number of aromatic nitrogens is 2. The Balaban J connectivity index is 1.51. The Kier molecular flexibility index (Phi) is 7.19. The lowest BCUT2D eigenvalue weighted by Gasteiger charge is -2.32. The molecule has 0 spiro atoms. The first kappa shape index (κ1) is 20.5. The van der Waals surface area contributed by atoms with Gasteiger partial charge in [-0.1, -0.05) is 18.7 Å². The van der Waals surface area contributed by atoms with Crippen molar-refractivity contribution in [3.63, 3.8) is 0 Å². The topological polar surface area (TPSA) is 80.4 Å². The SMILES string of the molecule is CCCC(=O)NCC1CCCN(C(=O)c2ccc(CSc3nccn3C)o2)C1. The molecule has 0 saturated carbocycles. The first-order valence-electron chi connectivity index (χ1n) is 9.81. The third-order valence-corrected chi connectivity index (χ3v) is 5.94. The number of imidazole rings is 1. The zero-order valence-corrected chi connectivity index (χ0v) is 17.3. The Morgan fingerprint density at radius 1 is 1.39 bits per heavy atom. The minimum atomic E-state index is -0.0715. The van der Waals surface area contributed by atoms with Crippen molar-refractivity contribution >= 4 is 23.6 Å². The summed E-state index contributed by atoms with van der Waals surface area (Å²) in [7, 11) is 1.95. The highest BCUT2D eigenvalue weighted by Gasteiger charge is 2.26. The number of aryl methyl sites for hydroxylation is 1. The van der Waals surface area contributed by atoms with Gasteiger partial charge in [-0.15, -0.1) is 0 Å². The van der Waals surface area contributed by atoms with E-state index in [1.807, 2.05) is 35.7 Å². The molecule has 1 atom stereocenters. The number of furan rings is 1. The Morgan fingerprint density at radius 3 is 3.00 bits per heavy atom. The second-order valence-corrected chi connectivity index (χ2v) is 8.13. The number of nitrogens with zero attached hydrogens (tertiary/aromatic N) is 3. The predicted molar refractivity (Wildman–Crippen MR) is 108 cm³/mol. The summed E-state index contributed by atoms with van der Waals surface area (Å²) < 4.78 is 7.73. The summed E-state index contributed by atoms with van der Waals surface area (Å²) >= 11 is 1.57. The monoisotopic (exact) mass is 404 g/mol. The molecule has 1 fully saturated rings. The molecule has 2 aromatic heterocycles. The lowest BCUT2D eigenvalue weighted by molar-refractivity contribution is -0.121. The van der Waals surface area contributed by atoms with Crippen LogP contribution in [0.2, 0.25) is 0 Å². The fourth-order valence-corrected chi connectivity index (χ4v) is 4.17. The van der Waals surface area contributed by atoms with Crippen molar-refractivity contribution in [1.82, 2.24) is 19.8 Å². The van der Waals surface area contributed by atoms with E-state index in [1.165, 1.54) is 0 Å². The molecule has 7 nitrogen and oxygen atoms in total. The van der Waals surface area contributed by atoms with Gasteiger partial charge in [0.05, 0.1) is 5.75 Å². The van der Waals surface area contributed by atoms with Crippen molar-refractivity contribution in [3.8, 4) is 0 Å². The Morgan fingerprint density at radius 2 is 2.25 bits per heavy atom. The molecule has 1 saturated heterocycles. The van der Waals surface area contributed by atoms with Gasteiger partial charge in [0.2, 0.25) is 5.91 Å². The van der Waals surface area contributed by atoms with E-state index in [9.17, 15) is 9.59 Å². The molecule has 1 N–H and O–H groups in total. The van der Waals surface area contributed by atoms with E-state index in [-0.39, 0.29) is 11.8 Å². The van der Waals surface area contributed by atoms with Crippen LogP contribution >= 0.6 is 11.8 Å². The standard InChI is InChI=1S/C20H28N4O3S/c1-3-5-18(25)22-12-15-6-4-10-24(13-15)19(26)17-8-7-16(27-17)14-28-20-21-9-11-23(20)2/h7-9,11,15H,3-6,10,12-14H2,1-2H3,(H,22,25). The van der Waals surface area contributed by atoms with Gasteiger partial charge in [-0.3, -0.25) is 9.59 Å². The fourth-order valence-electron chi connectivity index (χ4n) is 3.34. The number of hydrogen-bond donors (Lipinski definition) is 1. The van der Waals surface area contributed by atoms with Crippen LogP contribution in [0.25, 0.3) is 0 Å². The number of thioether (sulfide) groups is 1. The number of carbonyl (C=O) groups is 2. The van der Waals surface area contributed by atoms with Crippen LogP contribution < -0.4 is 5.32 Å². The highest BCUT2D eigenvalue weighted by atomic mass is 32.2. The van der Waals surface area contributed by atoms with Crippen LogP contribution in [-0.4, -0.2) is 45.9 Å². The number of rotatable bonds is 8. The van der Waals surface area contributed by atoms with E-state index >= 15 is 0 Å². The van der Waals surface area contributed by atoms with Gasteiger partial charge in [0.15, 0.2) is 10.9 Å². The Hall–Kier alpha value is -2.22. The lowest BCUT2D eigenvalue weighted by Crippen LogP contribution is -2.43. The molecule has 28 heavy (non-hydrogen) atoms. The number of piperidine rings is 1. The van der Waals surface area contributed by atoms with Crippen LogP contribution in [0.15, 0.2) is 34.1 Å². The molecule has 8 heteroatoms. The number of hydrogen-bond acceptors (Lipinski definition) is 5. The van der Waals surface area contributed by atoms with Gasteiger partial charge in [0.1, 0.15) is 5.76 Å². The van der Waals surface area contributed by atoms with E-state index in [1.54, 1.807) is 24.0 Å². The minimum Gasteiger partial charge on any atom is -0.455 e. The van der Waals surface area contributed by atoms with Gasteiger partial charge in [-0.25, -0.2) is 4.98 Å². The van der Waals surface area contributed by atoms with Gasteiger partial charge in [-0.05, 0) is 37.3 Å². The van der Waals surface area contributed by atoms with Crippen molar-refractivity contribution in [2.75, 3.05) is 19.6 Å². The highest BCUT2D eigenvalue weighted by molar-refractivity contribution is 7.98. The van der Waals surface area contributed by atoms with Crippen molar-refractivity contribution in [1.29, 1.82) is 0 Å². The van der Waals surface area contributed by atoms with E-state index < -0.39 is 0 Å². The third kappa shape index (κ3) is 5.41. The summed E-state index contributed by atoms with van der Waals surface area (Å²) in [6, 6.07) is 3.61. The maximum atomic E-state index is 12.8. The summed E-state index contributed by atoms with van der Waals surface area (Å²) in [4.78, 5) is 30.6. The molecule has 1 unspecified atom stereocenters. The Bertz CT molecular complexity index is 801. The third-order valence-electron chi connectivity index (χ3n) is 4.86. The second kappa shape index (κ2) is 9.82. The molecule has 0 bridgehead atoms. The first-order valence-corrected chi connectivity index (χ1v) is 10.8. The lowest BCUT2D eigenvalue weighted by atomic mass is 9.97. The van der Waals surface area contributed by atoms with Crippen LogP contribution in [0, 0.1) is 5.92 Å². The van der Waals surface area contributed by atoms with Gasteiger partial charge in [0, 0.05) is 45.5 Å². The molecule has 152 valence electrons. The number of likely N-dealkylation sites (tertiary alicyclic amines) is 1. The van der Waals surface area contributed by atoms with Crippen molar-refractivity contribution in [3.05, 3.63) is 36.0 Å². The van der Waals surface area contributed by atoms with Crippen molar-refractivity contribution in [2.45, 2.75) is 43.5 Å². The molecule has 3 rings (SSSR count). The molecular weight excluding hydrogens is 376 g/mol. The molecular formula is C20H28N4O3S. The fraction of sp³-hybridized carbons (Fsp3) is 0.550. The van der Waals surface area contributed by atoms with Gasteiger partial charge in [0.25, 0.3) is 5.91 Å². The molecule has 0 aliphatic carbocycles. The van der Waals surface area contributed by atoms with Crippen LogP contribution in [0.3, 0.4) is 0 Å². The van der Waals surface area contributed by atoms with Gasteiger partial charge >= 0.3 is 0 Å². The largest absolute Gasteiger partial charge is 0.455 e. The normalized spacial score (nSPS) is 16.9. The van der Waals surface area contributed by atoms with Crippen LogP contribution in [-0.2, 0) is 17.6 Å². The maximum absolute atomic E-state index is 12.8. The zero-order chi connectivity index (χ0) is 19.9. The van der Waals surface area contributed by atoms with E-state index in [2.05, 4.69) is 10.3 Å². The maximum Gasteiger partial charge on any atom is 0.289 e. The van der Waals surface area contributed by atoms with Crippen LogP contribution in [0.4, 0.5) is 0 Å². The molecule has 2 aromatic rings. The quantitative estimate of drug-likeness (QED) is 0.684. The predicted octanol–water partition coefficient (Wildman–Crippen LogP) is 3.07. The van der Waals surface area contributed by atoms with Crippen molar-refractivity contribution < 1.29 is 14.0 Å². The first-order chi connectivity index (χ1) is 13.6. The van der Waals surface area contributed by atoms with Crippen LogP contribution in [0.5, 0.6) is 0 Å². The summed E-state index contributed by atoms with van der Waals surface area (Å²) in [5.41, 5.74) is 0. The molecule has 0 aromatic carbocycles. The Labute approximate surface area is 169 Å². The van der Waals surface area contributed by atoms with Gasteiger partial charge in [-0.2, -0.15) is 0 Å². The number of carbonyl (C=O) groups excluding carboxylic acids is 2. The number of nitrogens with one attached hydrogen (secondary N) is 1. The van der Waals surface area contributed by atoms with E-state index in [0.717, 1.165) is 36.7 Å². The second-order valence-electron chi connectivity index (χ2n) is 7.19. The molecule has 2 amide bonds.